The number of nitrogens with one attached hydrogen (secondary N) is 4. The highest BCUT2D eigenvalue weighted by molar-refractivity contribution is 6.37. The number of hydrogen-bond acceptors (Lipinski definition) is 6. The van der Waals surface area contributed by atoms with Gasteiger partial charge in [-0.05, 0) is 48.9 Å². The molecule has 0 bridgehead atoms. The van der Waals surface area contributed by atoms with Crippen LogP contribution < -0.4 is 27.0 Å². The van der Waals surface area contributed by atoms with E-state index in [2.05, 4.69) is 21.3 Å². The smallest absolute Gasteiger partial charge is 0.315 e. The lowest BCUT2D eigenvalue weighted by atomic mass is 9.85. The number of hydrogen-bond donors (Lipinski definition) is 5. The maximum atomic E-state index is 13.9. The number of nitrogens with two attached hydrogens (primary N) is 1. The summed E-state index contributed by atoms with van der Waals surface area (Å²) in [5.74, 6) is -3.01. The highest BCUT2D eigenvalue weighted by Gasteiger charge is 2.70. The lowest BCUT2D eigenvalue weighted by molar-refractivity contribution is -0.145. The summed E-state index contributed by atoms with van der Waals surface area (Å²) in [4.78, 5) is 77.7. The Hall–Kier alpha value is -3.18. The van der Waals surface area contributed by atoms with Crippen molar-refractivity contribution in [2.24, 2.45) is 34.3 Å². The Morgan fingerprint density at radius 3 is 2.13 bits per heavy atom. The molecular weight excluding hydrogens is 504 g/mol. The summed E-state index contributed by atoms with van der Waals surface area (Å²) in [6.45, 7) is 13.2. The molecule has 6 amide bonds. The van der Waals surface area contributed by atoms with E-state index >= 15 is 0 Å². The normalized spacial score (nSPS) is 24.7. The van der Waals surface area contributed by atoms with E-state index in [-0.39, 0.29) is 41.7 Å². The fourth-order valence-corrected chi connectivity index (χ4v) is 5.69. The summed E-state index contributed by atoms with van der Waals surface area (Å²) < 4.78 is 0. The fourth-order valence-electron chi connectivity index (χ4n) is 5.69. The molecule has 2 saturated carbocycles. The van der Waals surface area contributed by atoms with Crippen molar-refractivity contribution in [2.45, 2.75) is 91.9 Å². The number of rotatable bonds is 11. The molecule has 3 aliphatic rings. The first-order valence-electron chi connectivity index (χ1n) is 13.7. The van der Waals surface area contributed by atoms with Gasteiger partial charge in [0, 0.05) is 12.6 Å². The third-order valence-corrected chi connectivity index (χ3v) is 8.15. The summed E-state index contributed by atoms with van der Waals surface area (Å²) in [6, 6.07) is -3.63. The number of likely N-dealkylation sites (tertiary alicyclic amines) is 1. The second kappa shape index (κ2) is 11.1. The third kappa shape index (κ3) is 7.07. The number of fused-ring (bicyclic) bond motifs is 1. The highest BCUT2D eigenvalue weighted by atomic mass is 16.2. The predicted octanol–water partition coefficient (Wildman–Crippen LogP) is 0.0472. The maximum Gasteiger partial charge on any atom is 0.315 e. The van der Waals surface area contributed by atoms with Crippen molar-refractivity contribution in [1.82, 2.24) is 26.2 Å². The Bertz CT molecular complexity index is 1030. The molecule has 3 fully saturated rings. The monoisotopic (exact) mass is 548 g/mol. The molecule has 1 saturated heterocycles. The van der Waals surface area contributed by atoms with Crippen LogP contribution in [0.1, 0.15) is 67.7 Å². The quantitative estimate of drug-likeness (QED) is 0.228. The molecule has 5 atom stereocenters. The predicted molar refractivity (Wildman–Crippen MR) is 143 cm³/mol. The van der Waals surface area contributed by atoms with Crippen molar-refractivity contribution < 1.29 is 28.8 Å². The Balaban J connectivity index is 1.76. The number of urea groups is 1. The van der Waals surface area contributed by atoms with E-state index in [1.807, 2.05) is 13.8 Å². The van der Waals surface area contributed by atoms with Gasteiger partial charge in [0.15, 0.2) is 0 Å². The van der Waals surface area contributed by atoms with E-state index in [1.165, 1.54) is 4.90 Å². The zero-order valence-corrected chi connectivity index (χ0v) is 24.1. The number of amides is 6. The molecule has 12 nitrogen and oxygen atoms in total. The van der Waals surface area contributed by atoms with Crippen LogP contribution in [0.5, 0.6) is 0 Å². The van der Waals surface area contributed by atoms with Gasteiger partial charge in [-0.3, -0.25) is 24.0 Å². The maximum absolute atomic E-state index is 13.9. The van der Waals surface area contributed by atoms with Gasteiger partial charge in [0.05, 0.1) is 12.6 Å². The van der Waals surface area contributed by atoms with Crippen molar-refractivity contribution >= 4 is 35.4 Å². The van der Waals surface area contributed by atoms with Crippen molar-refractivity contribution in [2.75, 3.05) is 13.1 Å². The molecule has 0 aromatic heterocycles. The summed E-state index contributed by atoms with van der Waals surface area (Å²) in [5, 5.41) is 10.6. The molecule has 1 unspecified atom stereocenters. The van der Waals surface area contributed by atoms with E-state index in [0.717, 1.165) is 12.8 Å². The molecule has 6 N–H and O–H groups in total. The number of piperidine rings is 1. The van der Waals surface area contributed by atoms with Crippen LogP contribution in [-0.4, -0.2) is 77.6 Å². The molecule has 0 radical (unpaired) electrons. The molecule has 12 heteroatoms. The summed E-state index contributed by atoms with van der Waals surface area (Å²) in [5.41, 5.74) is 4.35. The van der Waals surface area contributed by atoms with E-state index in [0.29, 0.717) is 13.0 Å². The number of Topliss-reactive ketones (excluding diaryl/α,β-unsaturated/α-hetero) is 1. The van der Waals surface area contributed by atoms with E-state index in [1.54, 1.807) is 34.6 Å². The molecule has 3 rings (SSSR count). The molecule has 0 aromatic carbocycles. The number of nitrogens with zero attached hydrogens (tertiary/aromatic N) is 1. The molecule has 1 heterocycles. The topological polar surface area (TPSA) is 180 Å². The summed E-state index contributed by atoms with van der Waals surface area (Å²) in [6.07, 6.45) is 2.18. The number of ketones is 1. The third-order valence-electron chi connectivity index (χ3n) is 8.15. The minimum Gasteiger partial charge on any atom is -0.363 e. The van der Waals surface area contributed by atoms with Gasteiger partial charge in [-0.1, -0.05) is 47.5 Å². The first-order chi connectivity index (χ1) is 17.9. The van der Waals surface area contributed by atoms with Crippen molar-refractivity contribution in [1.29, 1.82) is 0 Å². The van der Waals surface area contributed by atoms with E-state index < -0.39 is 53.1 Å². The minimum absolute atomic E-state index is 0.0812. The Kier molecular flexibility index (Phi) is 8.66. The fraction of sp³-hybridized carbons (Fsp3) is 0.778. The van der Waals surface area contributed by atoms with Crippen LogP contribution in [0.2, 0.25) is 0 Å². The van der Waals surface area contributed by atoms with Crippen molar-refractivity contribution in [3.63, 3.8) is 0 Å². The highest BCUT2D eigenvalue weighted by Crippen LogP contribution is 2.65. The van der Waals surface area contributed by atoms with Gasteiger partial charge < -0.3 is 31.9 Å². The molecule has 0 aromatic rings. The second-order valence-electron chi connectivity index (χ2n) is 13.2. The Labute approximate surface area is 229 Å². The van der Waals surface area contributed by atoms with Crippen LogP contribution in [0.4, 0.5) is 4.79 Å². The minimum atomic E-state index is -1.10. The Morgan fingerprint density at radius 2 is 1.62 bits per heavy atom. The molecule has 39 heavy (non-hydrogen) atoms. The lowest BCUT2D eigenvalue weighted by Crippen LogP contribution is -2.61. The summed E-state index contributed by atoms with van der Waals surface area (Å²) >= 11 is 0. The van der Waals surface area contributed by atoms with Crippen LogP contribution in [0, 0.1) is 28.6 Å². The SMILES string of the molecule is CC(C)NC(=O)CNC(=O)N[C@H](C(=O)N1C[C@H]2[C@@H]([C@H]1C(=O)NC(CC1CC1)C(=O)C(N)=O)C2(C)C)C(C)(C)C. The van der Waals surface area contributed by atoms with Crippen LogP contribution in [0.3, 0.4) is 0 Å². The molecule has 0 spiro atoms. The van der Waals surface area contributed by atoms with Gasteiger partial charge in [0.1, 0.15) is 12.1 Å². The first-order valence-corrected chi connectivity index (χ1v) is 13.7. The van der Waals surface area contributed by atoms with Gasteiger partial charge in [0.25, 0.3) is 5.91 Å². The second-order valence-corrected chi connectivity index (χ2v) is 13.2. The molecule has 218 valence electrons. The number of carbonyl (C=O) groups excluding carboxylic acids is 6. The standard InChI is InChI=1S/C27H44N6O6/c1-13(2)30-17(34)11-29-25(39)32-21(26(3,4)5)24(38)33-12-15-18(27(15,6)7)19(33)23(37)31-16(10-14-8-9-14)20(35)22(28)36/h13-16,18-19,21H,8-12H2,1-7H3,(H2,28,36)(H,30,34)(H,31,37)(H2,29,32,39)/t15-,16?,18-,19-,21+/m0/s1. The average molecular weight is 549 g/mol. The van der Waals surface area contributed by atoms with Gasteiger partial charge >= 0.3 is 6.03 Å². The number of carbonyl (C=O) groups is 6. The lowest BCUT2D eigenvalue weighted by Gasteiger charge is -2.37. The molecule has 1 aliphatic heterocycles. The van der Waals surface area contributed by atoms with Crippen LogP contribution >= 0.6 is 0 Å². The van der Waals surface area contributed by atoms with Gasteiger partial charge in [-0.2, -0.15) is 0 Å². The number of primary amides is 1. The van der Waals surface area contributed by atoms with E-state index in [9.17, 15) is 28.8 Å². The molecular formula is C27H44N6O6. The zero-order chi connectivity index (χ0) is 29.4. The summed E-state index contributed by atoms with van der Waals surface area (Å²) in [7, 11) is 0. The van der Waals surface area contributed by atoms with Gasteiger partial charge in [0.2, 0.25) is 23.5 Å². The van der Waals surface area contributed by atoms with Crippen molar-refractivity contribution in [3.8, 4) is 0 Å². The Morgan fingerprint density at radius 1 is 1.00 bits per heavy atom. The largest absolute Gasteiger partial charge is 0.363 e. The van der Waals surface area contributed by atoms with Gasteiger partial charge in [-0.15, -0.1) is 0 Å². The molecule has 2 aliphatic carbocycles. The van der Waals surface area contributed by atoms with Crippen LogP contribution in [0.15, 0.2) is 0 Å². The van der Waals surface area contributed by atoms with E-state index in [4.69, 9.17) is 5.73 Å². The van der Waals surface area contributed by atoms with Gasteiger partial charge in [-0.25, -0.2) is 4.79 Å². The zero-order valence-electron chi connectivity index (χ0n) is 24.1. The van der Waals surface area contributed by atoms with Crippen molar-refractivity contribution in [3.05, 3.63) is 0 Å². The van der Waals surface area contributed by atoms with Crippen LogP contribution in [0.25, 0.3) is 0 Å². The first kappa shape index (κ1) is 30.4. The van der Waals surface area contributed by atoms with Crippen LogP contribution in [-0.2, 0) is 24.0 Å². The average Bonchev–Trinajstić information content (AvgIpc) is 3.66.